The van der Waals surface area contributed by atoms with Gasteiger partial charge in [0.15, 0.2) is 0 Å². The molecule has 2 rings (SSSR count). The van der Waals surface area contributed by atoms with Crippen LogP contribution in [0.25, 0.3) is 0 Å². The summed E-state index contributed by atoms with van der Waals surface area (Å²) in [6.45, 7) is 0. The molecule has 1 aromatic carbocycles. The molecular weight excluding hydrogens is 210 g/mol. The van der Waals surface area contributed by atoms with Gasteiger partial charge in [-0.25, -0.2) is 0 Å². The van der Waals surface area contributed by atoms with E-state index in [0.717, 1.165) is 22.7 Å². The lowest BCUT2D eigenvalue weighted by atomic mass is 10.2. The largest absolute Gasteiger partial charge is 0.361 e. The summed E-state index contributed by atoms with van der Waals surface area (Å²) in [5.74, 6) is 1.60. The molecule has 2 aromatic rings. The van der Waals surface area contributed by atoms with Crippen LogP contribution < -0.4 is 0 Å². The van der Waals surface area contributed by atoms with Crippen molar-refractivity contribution in [2.24, 2.45) is 0 Å². The fraction of sp³-hybridized carbons (Fsp3) is 0.0909. The highest BCUT2D eigenvalue weighted by Gasteiger charge is 1.99. The first-order valence-electron chi connectivity index (χ1n) is 4.46. The van der Waals surface area contributed by atoms with Gasteiger partial charge in [0.1, 0.15) is 12.0 Å². The zero-order chi connectivity index (χ0) is 10.5. The molecule has 3 nitrogen and oxygen atoms in total. The molecular formula is C11H9NO2S. The van der Waals surface area contributed by atoms with Crippen molar-refractivity contribution in [3.63, 3.8) is 0 Å². The Morgan fingerprint density at radius 2 is 2.07 bits per heavy atom. The fourth-order valence-corrected chi connectivity index (χ4v) is 1.90. The summed E-state index contributed by atoms with van der Waals surface area (Å²) in [7, 11) is 0. The molecule has 4 heteroatoms. The van der Waals surface area contributed by atoms with E-state index in [4.69, 9.17) is 4.52 Å². The number of aldehydes is 1. The molecule has 0 aliphatic carbocycles. The Morgan fingerprint density at radius 1 is 1.27 bits per heavy atom. The van der Waals surface area contributed by atoms with Gasteiger partial charge in [0, 0.05) is 16.5 Å². The van der Waals surface area contributed by atoms with Crippen LogP contribution in [0, 0.1) is 0 Å². The van der Waals surface area contributed by atoms with Gasteiger partial charge in [-0.2, -0.15) is 0 Å². The van der Waals surface area contributed by atoms with Crippen molar-refractivity contribution in [2.75, 3.05) is 0 Å². The quantitative estimate of drug-likeness (QED) is 0.585. The van der Waals surface area contributed by atoms with E-state index < -0.39 is 0 Å². The number of carbonyl (C=O) groups excluding carboxylic acids is 1. The summed E-state index contributed by atoms with van der Waals surface area (Å²) in [6.07, 6.45) is 2.47. The smallest absolute Gasteiger partial charge is 0.150 e. The van der Waals surface area contributed by atoms with E-state index in [0.29, 0.717) is 5.56 Å². The Bertz CT molecular complexity index is 422. The van der Waals surface area contributed by atoms with Gasteiger partial charge in [0.05, 0.1) is 11.9 Å². The standard InChI is InChI=1S/C11H9NO2S/c13-7-9-1-3-11(4-2-9)15-8-10-5-6-12-14-10/h1-7H,8H2. The molecule has 1 aromatic heterocycles. The lowest BCUT2D eigenvalue weighted by Gasteiger charge is -1.98. The molecule has 0 spiro atoms. The van der Waals surface area contributed by atoms with Crippen LogP contribution >= 0.6 is 11.8 Å². The average molecular weight is 219 g/mol. The van der Waals surface area contributed by atoms with Crippen molar-refractivity contribution in [3.05, 3.63) is 47.9 Å². The van der Waals surface area contributed by atoms with Crippen molar-refractivity contribution < 1.29 is 9.32 Å². The summed E-state index contributed by atoms with van der Waals surface area (Å²) in [5, 5.41) is 3.63. The first-order chi connectivity index (χ1) is 7.38. The highest BCUT2D eigenvalue weighted by molar-refractivity contribution is 7.98. The van der Waals surface area contributed by atoms with Gasteiger partial charge in [-0.3, -0.25) is 4.79 Å². The number of aromatic nitrogens is 1. The van der Waals surface area contributed by atoms with Gasteiger partial charge in [-0.1, -0.05) is 17.3 Å². The summed E-state index contributed by atoms with van der Waals surface area (Å²) in [5.41, 5.74) is 0.694. The van der Waals surface area contributed by atoms with Crippen LogP contribution in [0.5, 0.6) is 0 Å². The molecule has 0 bridgehead atoms. The van der Waals surface area contributed by atoms with E-state index in [1.165, 1.54) is 0 Å². The molecule has 0 unspecified atom stereocenters. The normalized spacial score (nSPS) is 10.1. The minimum atomic E-state index is 0.694. The SMILES string of the molecule is O=Cc1ccc(SCc2ccno2)cc1. The van der Waals surface area contributed by atoms with Gasteiger partial charge in [0.2, 0.25) is 0 Å². The molecule has 0 amide bonds. The summed E-state index contributed by atoms with van der Waals surface area (Å²) < 4.78 is 4.97. The minimum absolute atomic E-state index is 0.694. The Morgan fingerprint density at radius 3 is 2.67 bits per heavy atom. The first kappa shape index (κ1) is 9.98. The number of hydrogen-bond donors (Lipinski definition) is 0. The molecule has 0 fully saturated rings. The van der Waals surface area contributed by atoms with E-state index in [9.17, 15) is 4.79 Å². The van der Waals surface area contributed by atoms with E-state index in [-0.39, 0.29) is 0 Å². The Labute approximate surface area is 91.5 Å². The summed E-state index contributed by atoms with van der Waals surface area (Å²) in [4.78, 5) is 11.5. The fourth-order valence-electron chi connectivity index (χ4n) is 1.11. The topological polar surface area (TPSA) is 43.1 Å². The van der Waals surface area contributed by atoms with E-state index >= 15 is 0 Å². The molecule has 15 heavy (non-hydrogen) atoms. The average Bonchev–Trinajstić information content (AvgIpc) is 2.80. The van der Waals surface area contributed by atoms with Crippen molar-refractivity contribution in [1.82, 2.24) is 5.16 Å². The number of thioether (sulfide) groups is 1. The lowest BCUT2D eigenvalue weighted by Crippen LogP contribution is -1.80. The zero-order valence-corrected chi connectivity index (χ0v) is 8.74. The predicted octanol–water partition coefficient (Wildman–Crippen LogP) is 2.78. The van der Waals surface area contributed by atoms with Gasteiger partial charge in [0.25, 0.3) is 0 Å². The van der Waals surface area contributed by atoms with Crippen LogP contribution in [-0.2, 0) is 5.75 Å². The second kappa shape index (κ2) is 4.79. The minimum Gasteiger partial charge on any atom is -0.361 e. The second-order valence-electron chi connectivity index (χ2n) is 2.95. The number of nitrogens with zero attached hydrogens (tertiary/aromatic N) is 1. The number of carbonyl (C=O) groups is 1. The van der Waals surface area contributed by atoms with Crippen LogP contribution in [0.15, 0.2) is 45.9 Å². The number of benzene rings is 1. The van der Waals surface area contributed by atoms with Crippen LogP contribution in [0.1, 0.15) is 16.1 Å². The van der Waals surface area contributed by atoms with Crippen LogP contribution in [0.4, 0.5) is 0 Å². The summed E-state index contributed by atoms with van der Waals surface area (Å²) in [6, 6.07) is 9.29. The van der Waals surface area contributed by atoms with Gasteiger partial charge < -0.3 is 4.52 Å². The first-order valence-corrected chi connectivity index (χ1v) is 5.44. The highest BCUT2D eigenvalue weighted by atomic mass is 32.2. The highest BCUT2D eigenvalue weighted by Crippen LogP contribution is 2.22. The molecule has 0 radical (unpaired) electrons. The third-order valence-electron chi connectivity index (χ3n) is 1.89. The number of hydrogen-bond acceptors (Lipinski definition) is 4. The van der Waals surface area contributed by atoms with Crippen LogP contribution in [0.2, 0.25) is 0 Å². The molecule has 0 atom stereocenters. The molecule has 76 valence electrons. The molecule has 0 N–H and O–H groups in total. The zero-order valence-electron chi connectivity index (χ0n) is 7.92. The third-order valence-corrected chi connectivity index (χ3v) is 2.92. The Hall–Kier alpha value is -1.55. The number of rotatable bonds is 4. The van der Waals surface area contributed by atoms with E-state index in [2.05, 4.69) is 5.16 Å². The Balaban J connectivity index is 1.96. The lowest BCUT2D eigenvalue weighted by molar-refractivity contribution is 0.112. The van der Waals surface area contributed by atoms with E-state index in [1.807, 2.05) is 18.2 Å². The van der Waals surface area contributed by atoms with E-state index in [1.54, 1.807) is 30.1 Å². The van der Waals surface area contributed by atoms with Crippen molar-refractivity contribution >= 4 is 18.0 Å². The monoisotopic (exact) mass is 219 g/mol. The molecule has 0 aliphatic heterocycles. The predicted molar refractivity (Wildman–Crippen MR) is 57.9 cm³/mol. The molecule has 0 saturated heterocycles. The Kier molecular flexibility index (Phi) is 3.19. The maximum absolute atomic E-state index is 10.4. The molecule has 1 heterocycles. The van der Waals surface area contributed by atoms with Crippen molar-refractivity contribution in [1.29, 1.82) is 0 Å². The van der Waals surface area contributed by atoms with Crippen molar-refractivity contribution in [2.45, 2.75) is 10.6 Å². The summed E-state index contributed by atoms with van der Waals surface area (Å²) >= 11 is 1.65. The van der Waals surface area contributed by atoms with Crippen LogP contribution in [-0.4, -0.2) is 11.4 Å². The molecule has 0 aliphatic rings. The second-order valence-corrected chi connectivity index (χ2v) is 4.00. The third kappa shape index (κ3) is 2.70. The maximum atomic E-state index is 10.4. The van der Waals surface area contributed by atoms with Gasteiger partial charge in [-0.15, -0.1) is 11.8 Å². The molecule has 0 saturated carbocycles. The van der Waals surface area contributed by atoms with Crippen LogP contribution in [0.3, 0.4) is 0 Å². The van der Waals surface area contributed by atoms with Gasteiger partial charge >= 0.3 is 0 Å². The maximum Gasteiger partial charge on any atom is 0.150 e. The van der Waals surface area contributed by atoms with Gasteiger partial charge in [-0.05, 0) is 12.1 Å². The van der Waals surface area contributed by atoms with Crippen molar-refractivity contribution in [3.8, 4) is 0 Å².